The van der Waals surface area contributed by atoms with Gasteiger partial charge in [0.2, 0.25) is 0 Å². The molecule has 1 nitrogen and oxygen atoms in total. The van der Waals surface area contributed by atoms with Crippen molar-refractivity contribution in [3.05, 3.63) is 47.5 Å². The summed E-state index contributed by atoms with van der Waals surface area (Å²) in [6.07, 6.45) is 9.53. The molecule has 0 fully saturated rings. The van der Waals surface area contributed by atoms with Crippen LogP contribution in [-0.4, -0.2) is 17.2 Å². The highest BCUT2D eigenvalue weighted by atomic mass is 32.2. The van der Waals surface area contributed by atoms with Gasteiger partial charge in [0.05, 0.1) is 6.61 Å². The van der Waals surface area contributed by atoms with Crippen LogP contribution in [0.5, 0.6) is 0 Å². The lowest BCUT2D eigenvalue weighted by Crippen LogP contribution is -2.32. The molecule has 2 unspecified atom stereocenters. The van der Waals surface area contributed by atoms with E-state index in [1.54, 1.807) is 0 Å². The predicted molar refractivity (Wildman–Crippen MR) is 167 cm³/mol. The molecule has 0 aliphatic carbocycles. The second kappa shape index (κ2) is 13.8. The highest BCUT2D eigenvalue weighted by molar-refractivity contribution is 8.11. The van der Waals surface area contributed by atoms with Crippen LogP contribution in [0.25, 0.3) is 0 Å². The van der Waals surface area contributed by atoms with E-state index in [0.29, 0.717) is 5.92 Å². The van der Waals surface area contributed by atoms with E-state index in [2.05, 4.69) is 125 Å². The molecule has 0 aliphatic heterocycles. The molecule has 0 saturated carbocycles. The molecule has 0 spiro atoms. The molecule has 0 amide bonds. The minimum absolute atomic E-state index is 0.118. The zero-order chi connectivity index (χ0) is 27.8. The quantitative estimate of drug-likeness (QED) is 0.128. The molecule has 1 rings (SSSR count). The summed E-state index contributed by atoms with van der Waals surface area (Å²) >= 11 is 0. The van der Waals surface area contributed by atoms with Crippen molar-refractivity contribution in [3.63, 3.8) is 0 Å². The van der Waals surface area contributed by atoms with E-state index >= 15 is 0 Å². The van der Waals surface area contributed by atoms with E-state index in [1.807, 2.05) is 0 Å². The van der Waals surface area contributed by atoms with Gasteiger partial charge >= 0.3 is 0 Å². The second-order valence-electron chi connectivity index (χ2n) is 14.9. The summed E-state index contributed by atoms with van der Waals surface area (Å²) in [5.41, 5.74) is 3.74. The van der Waals surface area contributed by atoms with Crippen LogP contribution >= 0.6 is 10.8 Å². The topological polar surface area (TPSA) is 9.23 Å². The van der Waals surface area contributed by atoms with Crippen molar-refractivity contribution in [2.75, 3.05) is 6.61 Å². The number of allylic oxidation sites excluding steroid dienone is 2. The van der Waals surface area contributed by atoms with E-state index in [1.165, 1.54) is 36.8 Å². The van der Waals surface area contributed by atoms with Gasteiger partial charge in [0.15, 0.2) is 0 Å². The summed E-state index contributed by atoms with van der Waals surface area (Å²) in [5.74, 6) is 5.49. The molecule has 208 valence electrons. The SMILES string of the molecule is C=S(OCCCC(C)(C)CC(c1ccccc1)C(C)(C)CC(C)(C)C/C=C(\C)CC(C)C)C(C)(C)C. The highest BCUT2D eigenvalue weighted by Gasteiger charge is 2.38. The Kier molecular flexibility index (Phi) is 12.7. The Bertz CT molecular complexity index is 820. The number of hydrogen-bond donors (Lipinski definition) is 0. The van der Waals surface area contributed by atoms with Crippen molar-refractivity contribution in [3.8, 4) is 0 Å². The summed E-state index contributed by atoms with van der Waals surface area (Å²) < 4.78 is 6.22. The van der Waals surface area contributed by atoms with Crippen LogP contribution in [0.15, 0.2) is 42.0 Å². The molecule has 2 atom stereocenters. The van der Waals surface area contributed by atoms with E-state index in [-0.39, 0.29) is 31.8 Å². The van der Waals surface area contributed by atoms with Crippen LogP contribution in [0.2, 0.25) is 0 Å². The van der Waals surface area contributed by atoms with Crippen molar-refractivity contribution in [2.24, 2.45) is 22.2 Å². The van der Waals surface area contributed by atoms with Crippen molar-refractivity contribution in [2.45, 2.75) is 132 Å². The number of hydrogen-bond acceptors (Lipinski definition) is 1. The Morgan fingerprint density at radius 2 is 1.53 bits per heavy atom. The molecule has 0 heterocycles. The maximum Gasteiger partial charge on any atom is 0.0607 e. The van der Waals surface area contributed by atoms with Gasteiger partial charge < -0.3 is 4.18 Å². The van der Waals surface area contributed by atoms with Gasteiger partial charge in [0.1, 0.15) is 0 Å². The molecule has 1 aromatic rings. The fraction of sp³-hybridized carbons (Fsp3) is 0.735. The molecule has 0 N–H and O–H groups in total. The molecular weight excluding hydrogens is 456 g/mol. The molecule has 0 saturated heterocycles. The van der Waals surface area contributed by atoms with Gasteiger partial charge in [-0.1, -0.05) is 108 Å². The minimum Gasteiger partial charge on any atom is -0.323 e. The zero-order valence-corrected chi connectivity index (χ0v) is 26.9. The van der Waals surface area contributed by atoms with Crippen molar-refractivity contribution < 1.29 is 4.18 Å². The molecule has 0 aliphatic rings. The van der Waals surface area contributed by atoms with E-state index < -0.39 is 0 Å². The van der Waals surface area contributed by atoms with Crippen LogP contribution in [0, 0.1) is 22.2 Å². The van der Waals surface area contributed by atoms with Crippen molar-refractivity contribution in [1.29, 1.82) is 0 Å². The van der Waals surface area contributed by atoms with Crippen LogP contribution in [0.3, 0.4) is 0 Å². The average molecular weight is 517 g/mol. The lowest BCUT2D eigenvalue weighted by molar-refractivity contribution is 0.122. The van der Waals surface area contributed by atoms with E-state index in [9.17, 15) is 0 Å². The Balaban J connectivity index is 2.97. The van der Waals surface area contributed by atoms with Gasteiger partial charge in [-0.3, -0.25) is 0 Å². The lowest BCUT2D eigenvalue weighted by Gasteiger charge is -2.44. The monoisotopic (exact) mass is 516 g/mol. The molecule has 0 radical (unpaired) electrons. The van der Waals surface area contributed by atoms with E-state index in [4.69, 9.17) is 4.18 Å². The smallest absolute Gasteiger partial charge is 0.0607 e. The van der Waals surface area contributed by atoms with Gasteiger partial charge in [-0.05, 0) is 106 Å². The van der Waals surface area contributed by atoms with Crippen LogP contribution in [0.4, 0.5) is 0 Å². The molecule has 2 heteroatoms. The largest absolute Gasteiger partial charge is 0.323 e. The van der Waals surface area contributed by atoms with Gasteiger partial charge in [-0.2, -0.15) is 0 Å². The lowest BCUT2D eigenvalue weighted by atomic mass is 9.61. The Morgan fingerprint density at radius 1 is 0.944 bits per heavy atom. The van der Waals surface area contributed by atoms with Gasteiger partial charge in [-0.25, -0.2) is 0 Å². The zero-order valence-electron chi connectivity index (χ0n) is 26.1. The second-order valence-corrected chi connectivity index (χ2v) is 17.0. The summed E-state index contributed by atoms with van der Waals surface area (Å²) in [4.78, 5) is 0. The molecule has 1 aromatic carbocycles. The van der Waals surface area contributed by atoms with Gasteiger partial charge in [-0.15, -0.1) is 0 Å². The summed E-state index contributed by atoms with van der Waals surface area (Å²) in [5, 5.41) is 0. The van der Waals surface area contributed by atoms with Crippen LogP contribution < -0.4 is 0 Å². The number of rotatable bonds is 15. The average Bonchev–Trinajstić information content (AvgIpc) is 2.72. The molecule has 0 bridgehead atoms. The first-order chi connectivity index (χ1) is 16.3. The normalized spacial score (nSPS) is 15.9. The first-order valence-corrected chi connectivity index (χ1v) is 15.5. The van der Waals surface area contributed by atoms with Crippen LogP contribution in [-0.2, 0) is 4.18 Å². The summed E-state index contributed by atoms with van der Waals surface area (Å²) in [6, 6.07) is 11.3. The van der Waals surface area contributed by atoms with E-state index in [0.717, 1.165) is 25.4 Å². The summed E-state index contributed by atoms with van der Waals surface area (Å²) in [7, 11) is -0.245. The standard InChI is InChI=1S/C34H60OS/c1-27(2)24-28(3)20-22-33(9,10)26-34(11,12)30(29-18-15-14-16-19-29)25-32(7,8)21-17-23-35-36(13)31(4,5)6/h14-16,18-20,27,30H,13,17,21-26H2,1-12H3/b28-20+. The maximum atomic E-state index is 6.11. The third-order valence-corrected chi connectivity index (χ3v) is 9.29. The Morgan fingerprint density at radius 3 is 2.06 bits per heavy atom. The molecular formula is C34H60OS. The van der Waals surface area contributed by atoms with Crippen LogP contribution in [0.1, 0.15) is 133 Å². The maximum absolute atomic E-state index is 6.11. The molecule has 36 heavy (non-hydrogen) atoms. The highest BCUT2D eigenvalue weighted by Crippen LogP contribution is 2.50. The van der Waals surface area contributed by atoms with Gasteiger partial charge in [0.25, 0.3) is 0 Å². The predicted octanol–water partition coefficient (Wildman–Crippen LogP) is 11.2. The Hall–Kier alpha value is -0.860. The first-order valence-electron chi connectivity index (χ1n) is 14.2. The third kappa shape index (κ3) is 12.6. The number of benzene rings is 1. The fourth-order valence-electron chi connectivity index (χ4n) is 5.68. The first kappa shape index (κ1) is 33.2. The Labute approximate surface area is 229 Å². The summed E-state index contributed by atoms with van der Waals surface area (Å²) in [6.45, 7) is 29.2. The fourth-order valence-corrected chi connectivity index (χ4v) is 6.35. The van der Waals surface area contributed by atoms with Crippen molar-refractivity contribution in [1.82, 2.24) is 0 Å². The minimum atomic E-state index is -0.245. The third-order valence-electron chi connectivity index (χ3n) is 7.48. The van der Waals surface area contributed by atoms with Crippen molar-refractivity contribution >= 4 is 16.6 Å². The molecule has 0 aromatic heterocycles. The van der Waals surface area contributed by atoms with Gasteiger partial charge in [0, 0.05) is 4.75 Å².